The van der Waals surface area contributed by atoms with Gasteiger partial charge in [-0.15, -0.1) is 0 Å². The van der Waals surface area contributed by atoms with Crippen molar-refractivity contribution in [1.82, 2.24) is 0 Å². The van der Waals surface area contributed by atoms with Crippen molar-refractivity contribution in [2.75, 3.05) is 11.5 Å². The van der Waals surface area contributed by atoms with E-state index in [0.717, 1.165) is 12.8 Å². The van der Waals surface area contributed by atoms with E-state index < -0.39 is 9.84 Å². The van der Waals surface area contributed by atoms with E-state index in [1.807, 2.05) is 0 Å². The van der Waals surface area contributed by atoms with E-state index >= 15 is 0 Å². The molecule has 0 aromatic heterocycles. The number of rotatable bonds is 5. The van der Waals surface area contributed by atoms with Gasteiger partial charge in [-0.2, -0.15) is 0 Å². The van der Waals surface area contributed by atoms with Gasteiger partial charge in [-0.05, 0) is 37.0 Å². The molecule has 0 saturated heterocycles. The molecule has 114 valence electrons. The van der Waals surface area contributed by atoms with Gasteiger partial charge in [0, 0.05) is 11.3 Å². The minimum atomic E-state index is -2.86. The van der Waals surface area contributed by atoms with Crippen molar-refractivity contribution in [3.63, 3.8) is 0 Å². The van der Waals surface area contributed by atoms with E-state index in [2.05, 4.69) is 20.8 Å². The smallest absolute Gasteiger partial charge is 0.150 e. The molecule has 0 aromatic carbocycles. The van der Waals surface area contributed by atoms with E-state index in [0.29, 0.717) is 18.1 Å². The summed E-state index contributed by atoms with van der Waals surface area (Å²) in [4.78, 5) is 0. The zero-order chi connectivity index (χ0) is 14.7. The number of sulfone groups is 1. The van der Waals surface area contributed by atoms with Crippen molar-refractivity contribution < 1.29 is 8.42 Å². The molecule has 0 amide bonds. The Hall–Kier alpha value is -0.0900. The molecular weight excluding hydrogens is 258 g/mol. The third-order valence-corrected chi connectivity index (χ3v) is 6.45. The van der Waals surface area contributed by atoms with Crippen molar-refractivity contribution >= 4 is 9.84 Å². The van der Waals surface area contributed by atoms with Crippen LogP contribution in [-0.4, -0.2) is 25.5 Å². The lowest BCUT2D eigenvalue weighted by molar-refractivity contribution is 0.0726. The van der Waals surface area contributed by atoms with Gasteiger partial charge in [0.15, 0.2) is 0 Å². The van der Waals surface area contributed by atoms with Crippen LogP contribution in [0.2, 0.25) is 0 Å². The number of hydrogen-bond donors (Lipinski definition) is 1. The molecule has 1 aliphatic carbocycles. The first-order chi connectivity index (χ1) is 8.61. The summed E-state index contributed by atoms with van der Waals surface area (Å²) in [5.74, 6) is 1.03. The highest BCUT2D eigenvalue weighted by molar-refractivity contribution is 7.91. The molecule has 0 spiro atoms. The summed E-state index contributed by atoms with van der Waals surface area (Å²) >= 11 is 0. The second-order valence-corrected chi connectivity index (χ2v) is 9.71. The molecule has 0 heterocycles. The number of nitrogens with two attached hydrogens (primary N) is 1. The van der Waals surface area contributed by atoms with Crippen LogP contribution < -0.4 is 5.73 Å². The first-order valence-corrected chi connectivity index (χ1v) is 9.42. The fourth-order valence-electron chi connectivity index (χ4n) is 3.62. The Balaban J connectivity index is 2.66. The minimum Gasteiger partial charge on any atom is -0.325 e. The fourth-order valence-corrected chi connectivity index (χ4v) is 4.50. The molecule has 3 nitrogen and oxygen atoms in total. The van der Waals surface area contributed by atoms with Gasteiger partial charge in [-0.25, -0.2) is 8.42 Å². The monoisotopic (exact) mass is 289 g/mol. The van der Waals surface area contributed by atoms with Gasteiger partial charge in [-0.1, -0.05) is 40.5 Å². The average molecular weight is 289 g/mol. The van der Waals surface area contributed by atoms with Gasteiger partial charge in [0.25, 0.3) is 0 Å². The van der Waals surface area contributed by atoms with E-state index in [9.17, 15) is 8.42 Å². The van der Waals surface area contributed by atoms with Crippen LogP contribution in [0.5, 0.6) is 0 Å². The van der Waals surface area contributed by atoms with Crippen molar-refractivity contribution in [2.24, 2.45) is 17.1 Å². The standard InChI is InChI=1S/C15H31NO2S/c1-5-19(17,18)12-8-11-15(16)10-7-6-9-13(15)14(2,3)4/h13H,5-12,16H2,1-4H3. The minimum absolute atomic E-state index is 0.167. The van der Waals surface area contributed by atoms with E-state index in [1.165, 1.54) is 19.3 Å². The molecule has 1 saturated carbocycles. The maximum absolute atomic E-state index is 11.6. The summed E-state index contributed by atoms with van der Waals surface area (Å²) in [5.41, 5.74) is 6.71. The summed E-state index contributed by atoms with van der Waals surface area (Å²) in [5, 5.41) is 0. The zero-order valence-electron chi connectivity index (χ0n) is 13.0. The topological polar surface area (TPSA) is 60.2 Å². The molecule has 0 aromatic rings. The molecule has 1 fully saturated rings. The predicted molar refractivity (Wildman–Crippen MR) is 81.9 cm³/mol. The first kappa shape index (κ1) is 17.0. The molecule has 19 heavy (non-hydrogen) atoms. The predicted octanol–water partition coefficient (Wildman–Crippen LogP) is 3.14. The van der Waals surface area contributed by atoms with Crippen molar-refractivity contribution in [2.45, 2.75) is 71.8 Å². The lowest BCUT2D eigenvalue weighted by Crippen LogP contribution is -2.53. The fraction of sp³-hybridized carbons (Fsp3) is 1.00. The lowest BCUT2D eigenvalue weighted by atomic mass is 9.61. The Morgan fingerprint density at radius 1 is 1.26 bits per heavy atom. The van der Waals surface area contributed by atoms with E-state index in [-0.39, 0.29) is 16.7 Å². The Bertz CT molecular complexity index is 383. The summed E-state index contributed by atoms with van der Waals surface area (Å²) in [6.45, 7) is 8.49. The van der Waals surface area contributed by atoms with Gasteiger partial charge in [0.05, 0.1) is 5.75 Å². The maximum atomic E-state index is 11.6. The average Bonchev–Trinajstić information content (AvgIpc) is 2.27. The first-order valence-electron chi connectivity index (χ1n) is 7.60. The Labute approximate surface area is 119 Å². The van der Waals surface area contributed by atoms with E-state index in [1.54, 1.807) is 6.92 Å². The normalized spacial score (nSPS) is 29.4. The van der Waals surface area contributed by atoms with Gasteiger partial charge in [0.1, 0.15) is 9.84 Å². The molecule has 1 rings (SSSR count). The highest BCUT2D eigenvalue weighted by Crippen LogP contribution is 2.45. The van der Waals surface area contributed by atoms with Crippen molar-refractivity contribution in [1.29, 1.82) is 0 Å². The molecule has 2 unspecified atom stereocenters. The lowest BCUT2D eigenvalue weighted by Gasteiger charge is -2.48. The Morgan fingerprint density at radius 3 is 2.42 bits per heavy atom. The molecule has 2 N–H and O–H groups in total. The molecule has 4 heteroatoms. The van der Waals surface area contributed by atoms with Crippen LogP contribution in [-0.2, 0) is 9.84 Å². The van der Waals surface area contributed by atoms with Crippen LogP contribution in [0, 0.1) is 11.3 Å². The molecule has 2 atom stereocenters. The zero-order valence-corrected chi connectivity index (χ0v) is 13.9. The summed E-state index contributed by atoms with van der Waals surface area (Å²) in [6, 6.07) is 0. The Morgan fingerprint density at radius 2 is 1.89 bits per heavy atom. The molecule has 0 radical (unpaired) electrons. The maximum Gasteiger partial charge on any atom is 0.150 e. The molecule has 0 aliphatic heterocycles. The number of hydrogen-bond acceptors (Lipinski definition) is 3. The van der Waals surface area contributed by atoms with Crippen molar-refractivity contribution in [3.8, 4) is 0 Å². The SMILES string of the molecule is CCS(=O)(=O)CCCC1(N)CCCCC1C(C)(C)C. The second kappa shape index (κ2) is 6.13. The summed E-state index contributed by atoms with van der Waals surface area (Å²) in [7, 11) is -2.86. The van der Waals surface area contributed by atoms with Crippen LogP contribution in [0.25, 0.3) is 0 Å². The van der Waals surface area contributed by atoms with Gasteiger partial charge >= 0.3 is 0 Å². The van der Waals surface area contributed by atoms with Gasteiger partial charge in [0.2, 0.25) is 0 Å². The van der Waals surface area contributed by atoms with Crippen molar-refractivity contribution in [3.05, 3.63) is 0 Å². The van der Waals surface area contributed by atoms with Gasteiger partial charge < -0.3 is 5.73 Å². The molecule has 0 bridgehead atoms. The highest BCUT2D eigenvalue weighted by atomic mass is 32.2. The van der Waals surface area contributed by atoms with Crippen LogP contribution in [0.15, 0.2) is 0 Å². The largest absolute Gasteiger partial charge is 0.325 e. The Kier molecular flexibility index (Phi) is 5.47. The molecule has 1 aliphatic rings. The van der Waals surface area contributed by atoms with Gasteiger partial charge in [-0.3, -0.25) is 0 Å². The summed E-state index contributed by atoms with van der Waals surface area (Å²) < 4.78 is 23.2. The highest BCUT2D eigenvalue weighted by Gasteiger charge is 2.42. The third kappa shape index (κ3) is 4.75. The quantitative estimate of drug-likeness (QED) is 0.846. The van der Waals surface area contributed by atoms with Crippen LogP contribution >= 0.6 is 0 Å². The third-order valence-electron chi connectivity index (χ3n) is 4.66. The molecular formula is C15H31NO2S. The van der Waals surface area contributed by atoms with Crippen LogP contribution in [0.4, 0.5) is 0 Å². The van der Waals surface area contributed by atoms with Crippen LogP contribution in [0.1, 0.15) is 66.2 Å². The summed E-state index contributed by atoms with van der Waals surface area (Å²) in [6.07, 6.45) is 6.22. The van der Waals surface area contributed by atoms with Crippen LogP contribution in [0.3, 0.4) is 0 Å². The van der Waals surface area contributed by atoms with E-state index in [4.69, 9.17) is 5.73 Å². The second-order valence-electron chi connectivity index (χ2n) is 7.24.